The number of rotatable bonds is 9. The number of amides is 1. The summed E-state index contributed by atoms with van der Waals surface area (Å²) in [5.74, 6) is 0.351. The molecule has 0 unspecified atom stereocenters. The molecular formula is C26H20BrN3O5. The molecule has 0 radical (unpaired) electrons. The summed E-state index contributed by atoms with van der Waals surface area (Å²) in [6.07, 6.45) is 3.82. The number of carbonyl (C=O) groups is 1. The summed E-state index contributed by atoms with van der Waals surface area (Å²) in [5.41, 5.74) is 5.53. The first kappa shape index (κ1) is 23.9. The van der Waals surface area contributed by atoms with Gasteiger partial charge in [-0.25, -0.2) is 5.43 Å². The van der Waals surface area contributed by atoms with E-state index in [-0.39, 0.29) is 18.1 Å². The summed E-state index contributed by atoms with van der Waals surface area (Å²) in [6.45, 7) is 4.04. The quantitative estimate of drug-likeness (QED) is 0.120. The van der Waals surface area contributed by atoms with Crippen molar-refractivity contribution in [2.45, 2.75) is 13.0 Å². The lowest BCUT2D eigenvalue weighted by molar-refractivity contribution is -0.384. The number of nitro groups is 1. The van der Waals surface area contributed by atoms with Gasteiger partial charge in [-0.1, -0.05) is 24.3 Å². The van der Waals surface area contributed by atoms with Crippen molar-refractivity contribution in [1.82, 2.24) is 5.43 Å². The van der Waals surface area contributed by atoms with Gasteiger partial charge >= 0.3 is 5.91 Å². The van der Waals surface area contributed by atoms with E-state index in [9.17, 15) is 14.9 Å². The van der Waals surface area contributed by atoms with Crippen molar-refractivity contribution in [2.75, 3.05) is 0 Å². The molecule has 0 atom stereocenters. The van der Waals surface area contributed by atoms with Gasteiger partial charge in [0.2, 0.25) is 0 Å². The van der Waals surface area contributed by atoms with E-state index >= 15 is 0 Å². The van der Waals surface area contributed by atoms with Crippen LogP contribution >= 0.6 is 15.9 Å². The third-order valence-electron chi connectivity index (χ3n) is 5.07. The molecule has 4 aromatic rings. The molecule has 176 valence electrons. The molecule has 4 rings (SSSR count). The number of halogens is 1. The zero-order chi connectivity index (χ0) is 24.8. The van der Waals surface area contributed by atoms with Gasteiger partial charge in [0, 0.05) is 17.5 Å². The molecule has 0 saturated heterocycles. The lowest BCUT2D eigenvalue weighted by atomic mass is 10.1. The average Bonchev–Trinajstić information content (AvgIpc) is 3.28. The van der Waals surface area contributed by atoms with Gasteiger partial charge in [-0.15, -0.1) is 6.58 Å². The van der Waals surface area contributed by atoms with Crippen LogP contribution in [0.4, 0.5) is 5.69 Å². The number of nitrogens with one attached hydrogen (secondary N) is 1. The van der Waals surface area contributed by atoms with Gasteiger partial charge in [0.25, 0.3) is 5.69 Å². The lowest BCUT2D eigenvalue weighted by Gasteiger charge is -2.14. The molecule has 0 aliphatic rings. The zero-order valence-corrected chi connectivity index (χ0v) is 20.0. The SMILES string of the molecule is C=CCc1cc(/C=N/NC(=O)c2cc3ccccc3o2)cc(Br)c1OCc1ccc([N+](=O)[O-])cc1. The number of ether oxygens (including phenoxy) is 1. The van der Waals surface area contributed by atoms with Crippen LogP contribution in [0.25, 0.3) is 11.0 Å². The topological polar surface area (TPSA) is 107 Å². The van der Waals surface area contributed by atoms with Gasteiger partial charge < -0.3 is 9.15 Å². The summed E-state index contributed by atoms with van der Waals surface area (Å²) in [4.78, 5) is 22.8. The van der Waals surface area contributed by atoms with Crippen molar-refractivity contribution in [3.8, 4) is 5.75 Å². The maximum Gasteiger partial charge on any atom is 0.307 e. The molecule has 3 aromatic carbocycles. The molecule has 0 aliphatic heterocycles. The summed E-state index contributed by atoms with van der Waals surface area (Å²) in [7, 11) is 0. The highest BCUT2D eigenvalue weighted by Crippen LogP contribution is 2.32. The molecule has 0 aliphatic carbocycles. The maximum absolute atomic E-state index is 12.4. The number of fused-ring (bicyclic) bond motifs is 1. The minimum atomic E-state index is -0.453. The first-order chi connectivity index (χ1) is 16.9. The molecule has 8 nitrogen and oxygen atoms in total. The standard InChI is InChI=1S/C26H20BrN3O5/c1-2-5-20-12-18(15-28-29-26(31)24-14-19-6-3-4-7-23(19)35-24)13-22(27)25(20)34-16-17-8-10-21(11-9-17)30(32)33/h2-4,6-15H,1,5,16H2,(H,29,31)/b28-15+. The van der Waals surface area contributed by atoms with Crippen molar-refractivity contribution in [3.63, 3.8) is 0 Å². The number of nitrogens with zero attached hydrogens (tertiary/aromatic N) is 2. The van der Waals surface area contributed by atoms with Gasteiger partial charge in [-0.05, 0) is 75.4 Å². The molecule has 1 aromatic heterocycles. The average molecular weight is 534 g/mol. The van der Waals surface area contributed by atoms with Gasteiger partial charge in [0.15, 0.2) is 5.76 Å². The molecule has 9 heteroatoms. The zero-order valence-electron chi connectivity index (χ0n) is 18.4. The Labute approximate surface area is 209 Å². The number of non-ortho nitro benzene ring substituents is 1. The summed E-state index contributed by atoms with van der Waals surface area (Å²) in [6, 6.07) is 18.9. The molecule has 1 heterocycles. The van der Waals surface area contributed by atoms with Crippen molar-refractivity contribution in [1.29, 1.82) is 0 Å². The van der Waals surface area contributed by atoms with E-state index < -0.39 is 10.8 Å². The Morgan fingerprint density at radius 2 is 1.94 bits per heavy atom. The number of benzene rings is 3. The minimum Gasteiger partial charge on any atom is -0.487 e. The van der Waals surface area contributed by atoms with Crippen LogP contribution in [0.3, 0.4) is 0 Å². The fourth-order valence-corrected chi connectivity index (χ4v) is 4.03. The Kier molecular flexibility index (Phi) is 7.37. The highest BCUT2D eigenvalue weighted by atomic mass is 79.9. The van der Waals surface area contributed by atoms with Gasteiger partial charge in [0.1, 0.15) is 17.9 Å². The first-order valence-corrected chi connectivity index (χ1v) is 11.4. The molecule has 0 saturated carbocycles. The Morgan fingerprint density at radius 3 is 2.66 bits per heavy atom. The Bertz CT molecular complexity index is 1390. The van der Waals surface area contributed by atoms with E-state index in [0.717, 1.165) is 22.1 Å². The van der Waals surface area contributed by atoms with Gasteiger partial charge in [-0.2, -0.15) is 5.10 Å². The van der Waals surface area contributed by atoms with E-state index in [4.69, 9.17) is 9.15 Å². The van der Waals surface area contributed by atoms with Crippen LogP contribution in [0.5, 0.6) is 5.75 Å². The van der Waals surface area contributed by atoms with Crippen LogP contribution in [0.15, 0.2) is 93.4 Å². The van der Waals surface area contributed by atoms with Crippen LogP contribution in [-0.4, -0.2) is 17.0 Å². The second-order valence-corrected chi connectivity index (χ2v) is 8.40. The van der Waals surface area contributed by atoms with E-state index in [0.29, 0.717) is 22.2 Å². The highest BCUT2D eigenvalue weighted by Gasteiger charge is 2.13. The van der Waals surface area contributed by atoms with Crippen molar-refractivity contribution >= 4 is 44.7 Å². The van der Waals surface area contributed by atoms with E-state index in [2.05, 4.69) is 33.0 Å². The lowest BCUT2D eigenvalue weighted by Crippen LogP contribution is -2.16. The predicted octanol–water partition coefficient (Wildman–Crippen LogP) is 6.17. The number of para-hydroxylation sites is 1. The minimum absolute atomic E-state index is 0.0262. The van der Waals surface area contributed by atoms with Crippen LogP contribution in [-0.2, 0) is 13.0 Å². The number of nitro benzene ring substituents is 1. The molecule has 1 N–H and O–H groups in total. The Hall–Kier alpha value is -4.24. The molecule has 1 amide bonds. The fourth-order valence-electron chi connectivity index (χ4n) is 3.40. The summed E-state index contributed by atoms with van der Waals surface area (Å²) >= 11 is 3.54. The monoisotopic (exact) mass is 533 g/mol. The van der Waals surface area contributed by atoms with Crippen LogP contribution in [0, 0.1) is 10.1 Å². The normalized spacial score (nSPS) is 11.0. The number of hydrogen-bond donors (Lipinski definition) is 1. The van der Waals surface area contributed by atoms with E-state index in [1.165, 1.54) is 18.3 Å². The van der Waals surface area contributed by atoms with E-state index in [1.54, 1.807) is 30.3 Å². The first-order valence-electron chi connectivity index (χ1n) is 10.6. The molecular weight excluding hydrogens is 514 g/mol. The van der Waals surface area contributed by atoms with Crippen LogP contribution in [0.2, 0.25) is 0 Å². The highest BCUT2D eigenvalue weighted by molar-refractivity contribution is 9.10. The molecule has 0 bridgehead atoms. The van der Waals surface area contributed by atoms with Crippen LogP contribution < -0.4 is 10.2 Å². The second-order valence-electron chi connectivity index (χ2n) is 7.54. The number of hydrazone groups is 1. The second kappa shape index (κ2) is 10.8. The molecule has 0 fully saturated rings. The summed E-state index contributed by atoms with van der Waals surface area (Å²) in [5, 5.41) is 15.7. The summed E-state index contributed by atoms with van der Waals surface area (Å²) < 4.78 is 12.2. The third kappa shape index (κ3) is 5.82. The smallest absolute Gasteiger partial charge is 0.307 e. The number of carbonyl (C=O) groups excluding carboxylic acids is 1. The Balaban J connectivity index is 1.45. The van der Waals surface area contributed by atoms with Gasteiger partial charge in [-0.3, -0.25) is 14.9 Å². The van der Waals surface area contributed by atoms with Crippen molar-refractivity contribution in [3.05, 3.63) is 116 Å². The number of furan rings is 1. The van der Waals surface area contributed by atoms with E-state index in [1.807, 2.05) is 30.3 Å². The Morgan fingerprint density at radius 1 is 1.17 bits per heavy atom. The van der Waals surface area contributed by atoms with Crippen LogP contribution in [0.1, 0.15) is 27.2 Å². The molecule has 35 heavy (non-hydrogen) atoms. The predicted molar refractivity (Wildman–Crippen MR) is 137 cm³/mol. The number of hydrogen-bond acceptors (Lipinski definition) is 6. The van der Waals surface area contributed by atoms with Gasteiger partial charge in [0.05, 0.1) is 15.6 Å². The fraction of sp³-hybridized carbons (Fsp3) is 0.0769. The third-order valence-corrected chi connectivity index (χ3v) is 5.66. The number of allylic oxidation sites excluding steroid dienone is 1. The van der Waals surface area contributed by atoms with Crippen molar-refractivity contribution in [2.24, 2.45) is 5.10 Å². The molecule has 0 spiro atoms. The maximum atomic E-state index is 12.4. The van der Waals surface area contributed by atoms with Crippen molar-refractivity contribution < 1.29 is 18.9 Å². The largest absolute Gasteiger partial charge is 0.487 e.